The van der Waals surface area contributed by atoms with Crippen LogP contribution in [0.5, 0.6) is 5.75 Å². The van der Waals surface area contributed by atoms with E-state index in [2.05, 4.69) is 0 Å². The van der Waals surface area contributed by atoms with E-state index in [1.54, 1.807) is 24.3 Å². The first kappa shape index (κ1) is 16.9. The number of rotatable bonds is 6. The summed E-state index contributed by atoms with van der Waals surface area (Å²) in [6.07, 6.45) is -1.03. The number of carboxylic acid groups (broad SMARTS) is 1. The van der Waals surface area contributed by atoms with E-state index >= 15 is 0 Å². The molecule has 0 bridgehead atoms. The quantitative estimate of drug-likeness (QED) is 0.374. The van der Waals surface area contributed by atoms with Gasteiger partial charge in [-0.1, -0.05) is 24.3 Å². The van der Waals surface area contributed by atoms with Crippen LogP contribution in [0, 0.1) is 10.1 Å². The lowest BCUT2D eigenvalue weighted by Gasteiger charge is -2.06. The normalized spacial score (nSPS) is 10.0. The van der Waals surface area contributed by atoms with Crippen LogP contribution in [-0.4, -0.2) is 22.2 Å². The molecule has 0 fully saturated rings. The minimum Gasteiger partial charge on any atom is -0.481 e. The fraction of sp³-hybridized carbons (Fsp3) is 0.125. The summed E-state index contributed by atoms with van der Waals surface area (Å²) >= 11 is 0. The van der Waals surface area contributed by atoms with Gasteiger partial charge >= 0.3 is 12.1 Å². The van der Waals surface area contributed by atoms with Crippen LogP contribution in [0.15, 0.2) is 48.5 Å². The third-order valence-corrected chi connectivity index (χ3v) is 2.98. The van der Waals surface area contributed by atoms with E-state index in [1.165, 1.54) is 24.3 Å². The lowest BCUT2D eigenvalue weighted by Crippen LogP contribution is -2.10. The predicted molar refractivity (Wildman–Crippen MR) is 81.7 cm³/mol. The Hall–Kier alpha value is -3.42. The van der Waals surface area contributed by atoms with Crippen molar-refractivity contribution in [3.8, 4) is 5.75 Å². The van der Waals surface area contributed by atoms with Crippen molar-refractivity contribution in [3.63, 3.8) is 0 Å². The first-order valence-corrected chi connectivity index (χ1v) is 6.83. The van der Waals surface area contributed by atoms with Gasteiger partial charge in [0.05, 0.1) is 11.3 Å². The molecule has 0 saturated carbocycles. The number of carboxylic acids is 1. The Morgan fingerprint density at radius 1 is 1.00 bits per heavy atom. The van der Waals surface area contributed by atoms with Crippen molar-refractivity contribution in [2.75, 3.05) is 0 Å². The molecular weight excluding hydrogens is 318 g/mol. The second-order valence-electron chi connectivity index (χ2n) is 4.78. The molecule has 24 heavy (non-hydrogen) atoms. The molecule has 0 heterocycles. The van der Waals surface area contributed by atoms with E-state index in [0.29, 0.717) is 11.1 Å². The molecule has 0 aliphatic carbocycles. The highest BCUT2D eigenvalue weighted by molar-refractivity contribution is 5.70. The Balaban J connectivity index is 1.84. The lowest BCUT2D eigenvalue weighted by molar-refractivity contribution is -0.384. The van der Waals surface area contributed by atoms with E-state index in [-0.39, 0.29) is 24.5 Å². The summed E-state index contributed by atoms with van der Waals surface area (Å²) in [5, 5.41) is 19.2. The molecule has 0 aliphatic rings. The van der Waals surface area contributed by atoms with Crippen molar-refractivity contribution in [3.05, 3.63) is 69.8 Å². The Labute approximate surface area is 136 Å². The SMILES string of the molecule is O=C(O)Cc1ccc(COC(=O)Oc2ccc([N+](=O)[O-])cc2)cc1. The molecule has 1 N–H and O–H groups in total. The lowest BCUT2D eigenvalue weighted by atomic mass is 10.1. The molecule has 2 aromatic carbocycles. The highest BCUT2D eigenvalue weighted by Crippen LogP contribution is 2.18. The minimum absolute atomic E-state index is 0.0425. The van der Waals surface area contributed by atoms with Crippen LogP contribution in [0.25, 0.3) is 0 Å². The van der Waals surface area contributed by atoms with Crippen LogP contribution in [0.4, 0.5) is 10.5 Å². The van der Waals surface area contributed by atoms with E-state index in [0.717, 1.165) is 0 Å². The van der Waals surface area contributed by atoms with Crippen molar-refractivity contribution < 1.29 is 29.1 Å². The van der Waals surface area contributed by atoms with Gasteiger partial charge in [0.15, 0.2) is 0 Å². The molecule has 8 heteroatoms. The average molecular weight is 331 g/mol. The molecule has 0 atom stereocenters. The number of ether oxygens (including phenoxy) is 2. The fourth-order valence-corrected chi connectivity index (χ4v) is 1.83. The number of nitrogens with zero attached hydrogens (tertiary/aromatic N) is 1. The van der Waals surface area contributed by atoms with Gasteiger partial charge in [-0.05, 0) is 23.3 Å². The molecule has 0 aliphatic heterocycles. The Kier molecular flexibility index (Phi) is 5.45. The number of hydrogen-bond donors (Lipinski definition) is 1. The molecule has 0 saturated heterocycles. The summed E-state index contributed by atoms with van der Waals surface area (Å²) in [7, 11) is 0. The minimum atomic E-state index is -0.946. The van der Waals surface area contributed by atoms with E-state index < -0.39 is 17.0 Å². The van der Waals surface area contributed by atoms with Crippen LogP contribution < -0.4 is 4.74 Å². The van der Waals surface area contributed by atoms with Crippen molar-refractivity contribution in [2.24, 2.45) is 0 Å². The summed E-state index contributed by atoms with van der Waals surface area (Å²) in [5.74, 6) is -0.798. The number of benzene rings is 2. The average Bonchev–Trinajstić information content (AvgIpc) is 2.54. The van der Waals surface area contributed by atoms with Gasteiger partial charge in [-0.25, -0.2) is 4.79 Å². The maximum atomic E-state index is 11.6. The molecule has 8 nitrogen and oxygen atoms in total. The van der Waals surface area contributed by atoms with Crippen LogP contribution in [0.2, 0.25) is 0 Å². The summed E-state index contributed by atoms with van der Waals surface area (Å²) in [6, 6.07) is 11.6. The molecule has 0 unspecified atom stereocenters. The standard InChI is InChI=1S/C16H13NO7/c18-15(19)9-11-1-3-12(4-2-11)10-23-16(20)24-14-7-5-13(6-8-14)17(21)22/h1-8H,9-10H2,(H,18,19). The smallest absolute Gasteiger partial charge is 0.481 e. The molecule has 124 valence electrons. The summed E-state index contributed by atoms with van der Waals surface area (Å²) in [4.78, 5) is 32.1. The number of non-ortho nitro benzene ring substituents is 1. The zero-order valence-corrected chi connectivity index (χ0v) is 12.4. The van der Waals surface area contributed by atoms with Crippen LogP contribution >= 0.6 is 0 Å². The zero-order valence-electron chi connectivity index (χ0n) is 12.4. The molecular formula is C16H13NO7. The topological polar surface area (TPSA) is 116 Å². The third-order valence-electron chi connectivity index (χ3n) is 2.98. The molecule has 0 radical (unpaired) electrons. The Morgan fingerprint density at radius 3 is 2.12 bits per heavy atom. The zero-order chi connectivity index (χ0) is 17.5. The van der Waals surface area contributed by atoms with Gasteiger partial charge in [0.1, 0.15) is 12.4 Å². The molecule has 2 rings (SSSR count). The van der Waals surface area contributed by atoms with Gasteiger partial charge < -0.3 is 14.6 Å². The Morgan fingerprint density at radius 2 is 1.58 bits per heavy atom. The fourth-order valence-electron chi connectivity index (χ4n) is 1.83. The van der Waals surface area contributed by atoms with Crippen molar-refractivity contribution in [1.82, 2.24) is 0 Å². The summed E-state index contributed by atoms with van der Waals surface area (Å²) < 4.78 is 9.81. The molecule has 0 spiro atoms. The van der Waals surface area contributed by atoms with Gasteiger partial charge in [-0.15, -0.1) is 0 Å². The molecule has 2 aromatic rings. The van der Waals surface area contributed by atoms with Gasteiger partial charge in [-0.3, -0.25) is 14.9 Å². The monoisotopic (exact) mass is 331 g/mol. The van der Waals surface area contributed by atoms with E-state index in [9.17, 15) is 19.7 Å². The van der Waals surface area contributed by atoms with Crippen molar-refractivity contribution >= 4 is 17.8 Å². The second-order valence-corrected chi connectivity index (χ2v) is 4.78. The molecule has 0 amide bonds. The van der Waals surface area contributed by atoms with Gasteiger partial charge in [0.2, 0.25) is 0 Å². The maximum Gasteiger partial charge on any atom is 0.514 e. The predicted octanol–water partition coefficient (Wildman–Crippen LogP) is 2.94. The van der Waals surface area contributed by atoms with Crippen LogP contribution in [-0.2, 0) is 22.6 Å². The molecule has 0 aromatic heterocycles. The van der Waals surface area contributed by atoms with E-state index in [1.807, 2.05) is 0 Å². The number of nitro benzene ring substituents is 1. The summed E-state index contributed by atoms with van der Waals surface area (Å²) in [5.41, 5.74) is 1.20. The van der Waals surface area contributed by atoms with Gasteiger partial charge in [0, 0.05) is 12.1 Å². The second kappa shape index (κ2) is 7.73. The first-order valence-electron chi connectivity index (χ1n) is 6.83. The van der Waals surface area contributed by atoms with Crippen LogP contribution in [0.1, 0.15) is 11.1 Å². The Bertz CT molecular complexity index is 738. The highest BCUT2D eigenvalue weighted by atomic mass is 16.7. The number of carbonyl (C=O) groups is 2. The van der Waals surface area contributed by atoms with Gasteiger partial charge in [0.25, 0.3) is 5.69 Å². The first-order chi connectivity index (χ1) is 11.4. The summed E-state index contributed by atoms with van der Waals surface area (Å²) in [6.45, 7) is -0.0425. The largest absolute Gasteiger partial charge is 0.514 e. The number of hydrogen-bond acceptors (Lipinski definition) is 6. The maximum absolute atomic E-state index is 11.6. The highest BCUT2D eigenvalue weighted by Gasteiger charge is 2.09. The number of aliphatic carboxylic acids is 1. The number of nitro groups is 1. The van der Waals surface area contributed by atoms with Gasteiger partial charge in [-0.2, -0.15) is 0 Å². The number of carbonyl (C=O) groups excluding carboxylic acids is 1. The van der Waals surface area contributed by atoms with Crippen molar-refractivity contribution in [2.45, 2.75) is 13.0 Å². The third kappa shape index (κ3) is 5.09. The van der Waals surface area contributed by atoms with E-state index in [4.69, 9.17) is 14.6 Å². The van der Waals surface area contributed by atoms with Crippen LogP contribution in [0.3, 0.4) is 0 Å². The van der Waals surface area contributed by atoms with Crippen molar-refractivity contribution in [1.29, 1.82) is 0 Å².